The summed E-state index contributed by atoms with van der Waals surface area (Å²) in [5, 5.41) is 3.99. The molecule has 3 aromatic heterocycles. The second-order valence-corrected chi connectivity index (χ2v) is 5.24. The second kappa shape index (κ2) is 5.40. The Morgan fingerprint density at radius 3 is 2.60 bits per heavy atom. The molecule has 0 fully saturated rings. The van der Waals surface area contributed by atoms with E-state index in [1.54, 1.807) is 18.3 Å². The van der Waals surface area contributed by atoms with Crippen LogP contribution in [0.4, 0.5) is 17.6 Å². The van der Waals surface area contributed by atoms with E-state index >= 15 is 0 Å². The molecule has 0 amide bonds. The maximum Gasteiger partial charge on any atom is 0.433 e. The molecule has 0 spiro atoms. The molecule has 4 rings (SSSR count). The number of halogens is 4. The molecule has 0 bridgehead atoms. The van der Waals surface area contributed by atoms with Crippen LogP contribution in [0.25, 0.3) is 22.7 Å². The number of imidazole rings is 1. The van der Waals surface area contributed by atoms with E-state index in [0.717, 1.165) is 6.07 Å². The van der Waals surface area contributed by atoms with Crippen LogP contribution >= 0.6 is 0 Å². The molecule has 0 unspecified atom stereocenters. The van der Waals surface area contributed by atoms with Gasteiger partial charge in [-0.2, -0.15) is 18.3 Å². The minimum atomic E-state index is -4.54. The number of rotatable bonds is 2. The van der Waals surface area contributed by atoms with Gasteiger partial charge in [0.1, 0.15) is 17.2 Å². The van der Waals surface area contributed by atoms with Crippen molar-refractivity contribution in [3.05, 3.63) is 66.6 Å². The van der Waals surface area contributed by atoms with Gasteiger partial charge in [-0.3, -0.25) is 4.40 Å². The smallest absolute Gasteiger partial charge is 0.284 e. The van der Waals surface area contributed by atoms with Gasteiger partial charge in [0.15, 0.2) is 0 Å². The number of aromatic nitrogens is 5. The molecule has 5 nitrogen and oxygen atoms in total. The van der Waals surface area contributed by atoms with E-state index in [1.165, 1.54) is 39.8 Å². The van der Waals surface area contributed by atoms with Crippen LogP contribution in [0, 0.1) is 5.82 Å². The standard InChI is InChI=1S/C16H9F4N5/c17-11-3-2-10(8-12(11)25-6-1-5-22-25)13-9-21-15-23-14(16(18,19)20)4-7-24(13)15/h1-9H. The number of alkyl halides is 3. The molecule has 0 aliphatic rings. The summed E-state index contributed by atoms with van der Waals surface area (Å²) >= 11 is 0. The van der Waals surface area contributed by atoms with E-state index in [0.29, 0.717) is 11.3 Å². The van der Waals surface area contributed by atoms with E-state index in [1.807, 2.05) is 0 Å². The van der Waals surface area contributed by atoms with E-state index in [9.17, 15) is 17.6 Å². The third kappa shape index (κ3) is 2.63. The molecule has 0 atom stereocenters. The Morgan fingerprint density at radius 2 is 1.88 bits per heavy atom. The van der Waals surface area contributed by atoms with Crippen LogP contribution in [0.15, 0.2) is 55.1 Å². The Hall–Kier alpha value is -3.23. The molecule has 1 aromatic carbocycles. The number of fused-ring (bicyclic) bond motifs is 1. The van der Waals surface area contributed by atoms with E-state index < -0.39 is 17.7 Å². The Labute approximate surface area is 138 Å². The molecule has 3 heterocycles. The maximum atomic E-state index is 14.1. The van der Waals surface area contributed by atoms with Crippen molar-refractivity contribution in [2.45, 2.75) is 6.18 Å². The molecule has 0 saturated carbocycles. The monoisotopic (exact) mass is 347 g/mol. The third-order valence-corrected chi connectivity index (χ3v) is 3.66. The molecule has 0 N–H and O–H groups in total. The van der Waals surface area contributed by atoms with Gasteiger partial charge in [0.2, 0.25) is 5.78 Å². The van der Waals surface area contributed by atoms with E-state index in [2.05, 4.69) is 15.1 Å². The Morgan fingerprint density at radius 1 is 1.04 bits per heavy atom. The maximum absolute atomic E-state index is 14.1. The number of benzene rings is 1. The number of hydrogen-bond acceptors (Lipinski definition) is 3. The first-order valence-corrected chi connectivity index (χ1v) is 7.15. The van der Waals surface area contributed by atoms with Crippen molar-refractivity contribution < 1.29 is 17.6 Å². The van der Waals surface area contributed by atoms with Gasteiger partial charge in [0.25, 0.3) is 0 Å². The summed E-state index contributed by atoms with van der Waals surface area (Å²) in [6, 6.07) is 6.86. The van der Waals surface area contributed by atoms with Crippen LogP contribution in [-0.4, -0.2) is 24.1 Å². The lowest BCUT2D eigenvalue weighted by atomic mass is 10.1. The first kappa shape index (κ1) is 15.3. The molecule has 0 saturated heterocycles. The largest absolute Gasteiger partial charge is 0.433 e. The second-order valence-electron chi connectivity index (χ2n) is 5.24. The van der Waals surface area contributed by atoms with Crippen molar-refractivity contribution in [3.63, 3.8) is 0 Å². The zero-order valence-corrected chi connectivity index (χ0v) is 12.4. The molecular formula is C16H9F4N5. The average molecular weight is 347 g/mol. The summed E-state index contributed by atoms with van der Waals surface area (Å²) in [5.41, 5.74) is 0.261. The molecule has 4 aromatic rings. The molecule has 126 valence electrons. The summed E-state index contributed by atoms with van der Waals surface area (Å²) in [7, 11) is 0. The van der Waals surface area contributed by atoms with E-state index in [-0.39, 0.29) is 11.5 Å². The fourth-order valence-corrected chi connectivity index (χ4v) is 2.50. The van der Waals surface area contributed by atoms with Gasteiger partial charge in [-0.15, -0.1) is 0 Å². The van der Waals surface area contributed by atoms with Crippen molar-refractivity contribution in [1.82, 2.24) is 24.1 Å². The summed E-state index contributed by atoms with van der Waals surface area (Å²) in [5.74, 6) is -0.562. The van der Waals surface area contributed by atoms with E-state index in [4.69, 9.17) is 0 Å². The van der Waals surface area contributed by atoms with Crippen LogP contribution in [0.1, 0.15) is 5.69 Å². The summed E-state index contributed by atoms with van der Waals surface area (Å²) in [4.78, 5) is 7.44. The quantitative estimate of drug-likeness (QED) is 0.519. The van der Waals surface area contributed by atoms with Gasteiger partial charge in [-0.25, -0.2) is 19.0 Å². The SMILES string of the molecule is Fc1ccc(-c2cnc3nc(C(F)(F)F)ccn23)cc1-n1cccn1. The third-order valence-electron chi connectivity index (χ3n) is 3.66. The Kier molecular flexibility index (Phi) is 3.31. The minimum Gasteiger partial charge on any atom is -0.284 e. The summed E-state index contributed by atoms with van der Waals surface area (Å²) < 4.78 is 55.1. The minimum absolute atomic E-state index is 0.0882. The predicted molar refractivity (Wildman–Crippen MR) is 80.5 cm³/mol. The number of nitrogens with zero attached hydrogens (tertiary/aromatic N) is 5. The molecule has 25 heavy (non-hydrogen) atoms. The predicted octanol–water partition coefficient (Wildman–Crippen LogP) is 3.74. The lowest BCUT2D eigenvalue weighted by molar-refractivity contribution is -0.141. The van der Waals surface area contributed by atoms with Crippen LogP contribution in [0.3, 0.4) is 0 Å². The fourth-order valence-electron chi connectivity index (χ4n) is 2.50. The van der Waals surface area contributed by atoms with Crippen molar-refractivity contribution in [2.75, 3.05) is 0 Å². The zero-order chi connectivity index (χ0) is 17.6. The van der Waals surface area contributed by atoms with Gasteiger partial charge in [0.05, 0.1) is 11.9 Å². The molecule has 0 aliphatic carbocycles. The van der Waals surface area contributed by atoms with Gasteiger partial charge < -0.3 is 0 Å². The fraction of sp³-hybridized carbons (Fsp3) is 0.0625. The van der Waals surface area contributed by atoms with Gasteiger partial charge in [-0.05, 0) is 30.3 Å². The Balaban J connectivity index is 1.84. The summed E-state index contributed by atoms with van der Waals surface area (Å²) in [6.07, 6.45) is 1.20. The summed E-state index contributed by atoms with van der Waals surface area (Å²) in [6.45, 7) is 0. The van der Waals surface area contributed by atoms with Crippen molar-refractivity contribution in [3.8, 4) is 16.9 Å². The topological polar surface area (TPSA) is 48.0 Å². The van der Waals surface area contributed by atoms with Crippen LogP contribution in [0.5, 0.6) is 0 Å². The highest BCUT2D eigenvalue weighted by molar-refractivity contribution is 5.65. The van der Waals surface area contributed by atoms with Gasteiger partial charge in [-0.1, -0.05) is 0 Å². The van der Waals surface area contributed by atoms with Crippen LogP contribution in [0.2, 0.25) is 0 Å². The first-order valence-electron chi connectivity index (χ1n) is 7.15. The van der Waals surface area contributed by atoms with Crippen LogP contribution < -0.4 is 0 Å². The van der Waals surface area contributed by atoms with Crippen molar-refractivity contribution >= 4 is 5.78 Å². The first-order chi connectivity index (χ1) is 11.9. The highest BCUT2D eigenvalue weighted by Crippen LogP contribution is 2.29. The zero-order valence-electron chi connectivity index (χ0n) is 12.4. The molecule has 9 heteroatoms. The molecule has 0 radical (unpaired) electrons. The van der Waals surface area contributed by atoms with Crippen LogP contribution in [-0.2, 0) is 6.18 Å². The normalized spacial score (nSPS) is 12.0. The van der Waals surface area contributed by atoms with Gasteiger partial charge >= 0.3 is 6.18 Å². The lowest BCUT2D eigenvalue weighted by Gasteiger charge is -2.08. The highest BCUT2D eigenvalue weighted by atomic mass is 19.4. The number of hydrogen-bond donors (Lipinski definition) is 0. The van der Waals surface area contributed by atoms with Gasteiger partial charge in [0, 0.05) is 24.2 Å². The van der Waals surface area contributed by atoms with Crippen molar-refractivity contribution in [2.24, 2.45) is 0 Å². The molecule has 0 aliphatic heterocycles. The average Bonchev–Trinajstić information content (AvgIpc) is 3.23. The van der Waals surface area contributed by atoms with Crippen molar-refractivity contribution in [1.29, 1.82) is 0 Å². The molecular weight excluding hydrogens is 338 g/mol. The Bertz CT molecular complexity index is 1050. The highest BCUT2D eigenvalue weighted by Gasteiger charge is 2.33. The lowest BCUT2D eigenvalue weighted by Crippen LogP contribution is -2.09.